The standard InChI is InChI=1S/C9H19O2Si.Li/c1-9(2,3)11-8(10)7-12(4,5)6;/h7H,1-6H3;/q-1;+1. The molecule has 0 aromatic carbocycles. The van der Waals surface area contributed by atoms with Gasteiger partial charge in [0.15, 0.2) is 5.97 Å². The van der Waals surface area contributed by atoms with Gasteiger partial charge in [-0.2, -0.15) is 0 Å². The Kier molecular flexibility index (Phi) is 6.17. The second-order valence-corrected chi connectivity index (χ2v) is 10.1. The molecule has 72 valence electrons. The fourth-order valence-electron chi connectivity index (χ4n) is 0.685. The molecule has 0 saturated carbocycles. The minimum Gasteiger partial charge on any atom is -0.483 e. The topological polar surface area (TPSA) is 26.3 Å². The third kappa shape index (κ3) is 12.2. The monoisotopic (exact) mass is 194 g/mol. The summed E-state index contributed by atoms with van der Waals surface area (Å²) in [5.74, 6) is -0.179. The second kappa shape index (κ2) is 5.14. The van der Waals surface area contributed by atoms with Gasteiger partial charge in [0.25, 0.3) is 0 Å². The van der Waals surface area contributed by atoms with Crippen LogP contribution in [0.25, 0.3) is 0 Å². The molecule has 0 radical (unpaired) electrons. The van der Waals surface area contributed by atoms with Crippen LogP contribution < -0.4 is 18.9 Å². The molecular weight excluding hydrogens is 175 g/mol. The van der Waals surface area contributed by atoms with E-state index in [0.29, 0.717) is 0 Å². The SMILES string of the molecule is CC(C)(C)OC(=O)[CH-][Si](C)(C)C.[Li+]. The molecule has 0 heterocycles. The van der Waals surface area contributed by atoms with Crippen molar-refractivity contribution in [2.45, 2.75) is 46.0 Å². The zero-order valence-corrected chi connectivity index (χ0v) is 10.9. The second-order valence-electron chi connectivity index (χ2n) is 5.04. The fraction of sp³-hybridized carbons (Fsp3) is 0.778. The summed E-state index contributed by atoms with van der Waals surface area (Å²) in [7, 11) is -1.42. The quantitative estimate of drug-likeness (QED) is 0.334. The van der Waals surface area contributed by atoms with Gasteiger partial charge in [-0.25, -0.2) is 0 Å². The zero-order valence-electron chi connectivity index (χ0n) is 9.89. The Labute approximate surface area is 94.6 Å². The summed E-state index contributed by atoms with van der Waals surface area (Å²) in [6.45, 7) is 12.0. The van der Waals surface area contributed by atoms with Crippen LogP contribution in [0.3, 0.4) is 0 Å². The molecule has 0 aliphatic carbocycles. The summed E-state index contributed by atoms with van der Waals surface area (Å²) in [6, 6.07) is 1.73. The maximum Gasteiger partial charge on any atom is 1.00 e. The molecular formula is C9H19LiO2Si. The van der Waals surface area contributed by atoms with Crippen LogP contribution in [0.1, 0.15) is 20.8 Å². The van der Waals surface area contributed by atoms with Crippen molar-refractivity contribution >= 4 is 14.0 Å². The Morgan fingerprint density at radius 3 is 1.85 bits per heavy atom. The molecule has 0 unspecified atom stereocenters. The number of hydrogen-bond donors (Lipinski definition) is 0. The van der Waals surface area contributed by atoms with Gasteiger partial charge < -0.3 is 4.74 Å². The maximum absolute atomic E-state index is 11.2. The van der Waals surface area contributed by atoms with Gasteiger partial charge in [-0.15, -0.1) is 0 Å². The van der Waals surface area contributed by atoms with Crippen molar-refractivity contribution in [3.63, 3.8) is 0 Å². The first-order valence-electron chi connectivity index (χ1n) is 4.19. The van der Waals surface area contributed by atoms with E-state index in [1.165, 1.54) is 0 Å². The van der Waals surface area contributed by atoms with Crippen LogP contribution in [0.2, 0.25) is 19.6 Å². The van der Waals surface area contributed by atoms with E-state index < -0.39 is 8.07 Å². The first-order valence-corrected chi connectivity index (χ1v) is 7.77. The molecule has 0 aromatic heterocycles. The Hall–Kier alpha value is 0.154. The molecule has 0 amide bonds. The molecule has 13 heavy (non-hydrogen) atoms. The van der Waals surface area contributed by atoms with Crippen molar-refractivity contribution in [2.24, 2.45) is 0 Å². The van der Waals surface area contributed by atoms with Gasteiger partial charge >= 0.3 is 18.9 Å². The van der Waals surface area contributed by atoms with E-state index in [1.54, 1.807) is 6.04 Å². The molecule has 0 rings (SSSR count). The largest absolute Gasteiger partial charge is 1.00 e. The number of esters is 1. The van der Waals surface area contributed by atoms with Crippen molar-refractivity contribution in [3.05, 3.63) is 6.04 Å². The van der Waals surface area contributed by atoms with E-state index in [9.17, 15) is 4.79 Å². The van der Waals surface area contributed by atoms with Crippen LogP contribution in [0.4, 0.5) is 0 Å². The maximum atomic E-state index is 11.2. The zero-order chi connectivity index (χ0) is 9.99. The van der Waals surface area contributed by atoms with Gasteiger partial charge in [-0.1, -0.05) is 27.7 Å². The van der Waals surface area contributed by atoms with E-state index in [2.05, 4.69) is 19.6 Å². The molecule has 0 fully saturated rings. The molecule has 0 N–H and O–H groups in total. The average Bonchev–Trinajstić information content (AvgIpc) is 1.49. The minimum absolute atomic E-state index is 0. The van der Waals surface area contributed by atoms with Gasteiger partial charge in [-0.3, -0.25) is 10.8 Å². The first kappa shape index (κ1) is 15.6. The summed E-state index contributed by atoms with van der Waals surface area (Å²) in [4.78, 5) is 11.2. The first-order chi connectivity index (χ1) is 5.10. The Morgan fingerprint density at radius 2 is 1.62 bits per heavy atom. The van der Waals surface area contributed by atoms with Crippen molar-refractivity contribution in [3.8, 4) is 0 Å². The Bertz CT molecular complexity index is 149. The molecule has 2 nitrogen and oxygen atoms in total. The summed E-state index contributed by atoms with van der Waals surface area (Å²) < 4.78 is 5.15. The van der Waals surface area contributed by atoms with E-state index in [0.717, 1.165) is 0 Å². The van der Waals surface area contributed by atoms with Crippen molar-refractivity contribution in [1.82, 2.24) is 0 Å². The molecule has 0 aliphatic heterocycles. The van der Waals surface area contributed by atoms with Gasteiger partial charge in [0, 0.05) is 0 Å². The van der Waals surface area contributed by atoms with Gasteiger partial charge in [0.1, 0.15) is 5.60 Å². The molecule has 0 bridgehead atoms. The third-order valence-corrected chi connectivity index (χ3v) is 2.06. The fourth-order valence-corrected chi connectivity index (χ4v) is 1.45. The van der Waals surface area contributed by atoms with E-state index in [-0.39, 0.29) is 30.4 Å². The smallest absolute Gasteiger partial charge is 0.483 e. The van der Waals surface area contributed by atoms with E-state index in [1.807, 2.05) is 20.8 Å². The molecule has 0 saturated heterocycles. The van der Waals surface area contributed by atoms with E-state index in [4.69, 9.17) is 4.74 Å². The number of carbonyl (C=O) groups is 1. The summed E-state index contributed by atoms with van der Waals surface area (Å²) in [5, 5.41) is 0. The predicted molar refractivity (Wildman–Crippen MR) is 53.5 cm³/mol. The Morgan fingerprint density at radius 1 is 1.23 bits per heavy atom. The minimum atomic E-state index is -1.42. The predicted octanol–water partition coefficient (Wildman–Crippen LogP) is -0.586. The molecule has 0 atom stereocenters. The van der Waals surface area contributed by atoms with Crippen LogP contribution in [0.5, 0.6) is 0 Å². The van der Waals surface area contributed by atoms with E-state index >= 15 is 0 Å². The van der Waals surface area contributed by atoms with Crippen LogP contribution in [-0.2, 0) is 9.53 Å². The summed E-state index contributed by atoms with van der Waals surface area (Å²) in [6.07, 6.45) is 0. The molecule has 4 heteroatoms. The number of rotatable bonds is 2. The number of carbonyl (C=O) groups excluding carboxylic acids is 1. The van der Waals surface area contributed by atoms with Crippen molar-refractivity contribution in [1.29, 1.82) is 0 Å². The molecule has 0 aromatic rings. The normalized spacial score (nSPS) is 11.5. The summed E-state index contributed by atoms with van der Waals surface area (Å²) >= 11 is 0. The number of hydrogen-bond acceptors (Lipinski definition) is 2. The van der Waals surface area contributed by atoms with Crippen molar-refractivity contribution < 1.29 is 28.4 Å². The average molecular weight is 194 g/mol. The van der Waals surface area contributed by atoms with Gasteiger partial charge in [-0.05, 0) is 20.8 Å². The van der Waals surface area contributed by atoms with Gasteiger partial charge in [0.05, 0.1) is 0 Å². The van der Waals surface area contributed by atoms with Crippen molar-refractivity contribution in [2.75, 3.05) is 0 Å². The molecule has 0 spiro atoms. The molecule has 0 aliphatic rings. The van der Waals surface area contributed by atoms with Crippen LogP contribution in [0, 0.1) is 6.04 Å². The van der Waals surface area contributed by atoms with Crippen LogP contribution in [0.15, 0.2) is 0 Å². The van der Waals surface area contributed by atoms with Crippen LogP contribution in [-0.4, -0.2) is 19.6 Å². The number of ether oxygens (including phenoxy) is 1. The third-order valence-electron chi connectivity index (χ3n) is 0.958. The Balaban J connectivity index is 0. The van der Waals surface area contributed by atoms with Crippen LogP contribution >= 0.6 is 0 Å². The van der Waals surface area contributed by atoms with Gasteiger partial charge in [0.2, 0.25) is 0 Å². The summed E-state index contributed by atoms with van der Waals surface area (Å²) in [5.41, 5.74) is -0.368.